The van der Waals surface area contributed by atoms with Gasteiger partial charge in [-0.2, -0.15) is 0 Å². The highest BCUT2D eigenvalue weighted by Gasteiger charge is 2.42. The monoisotopic (exact) mass is 212 g/mol. The van der Waals surface area contributed by atoms with Crippen molar-refractivity contribution in [1.82, 2.24) is 4.90 Å². The fraction of sp³-hybridized carbons (Fsp3) is 0.917. The number of aliphatic hydroxyl groups is 1. The van der Waals surface area contributed by atoms with E-state index in [0.717, 1.165) is 12.8 Å². The number of likely N-dealkylation sites (tertiary alicyclic amines) is 1. The van der Waals surface area contributed by atoms with Gasteiger partial charge in [-0.05, 0) is 47.6 Å². The van der Waals surface area contributed by atoms with Gasteiger partial charge in [0.2, 0.25) is 0 Å². The van der Waals surface area contributed by atoms with Crippen molar-refractivity contribution in [3.8, 4) is 0 Å². The maximum Gasteiger partial charge on any atom is 0.0779 e. The molecule has 0 atom stereocenters. The highest BCUT2D eigenvalue weighted by atomic mass is 16.2. The molecular formula is C12H24N2O. The molecule has 0 radical (unpaired) electrons. The largest absolute Gasteiger partial charge is 0.391 e. The number of aliphatic hydroxyl groups excluding tert-OH is 1. The molecule has 0 spiro atoms. The molecule has 1 aliphatic heterocycles. The minimum absolute atomic E-state index is 0.0488. The van der Waals surface area contributed by atoms with Crippen LogP contribution in [0.15, 0.2) is 4.99 Å². The van der Waals surface area contributed by atoms with E-state index in [2.05, 4.69) is 44.6 Å². The molecule has 0 aromatic rings. The highest BCUT2D eigenvalue weighted by molar-refractivity contribution is 5.58. The van der Waals surface area contributed by atoms with Crippen molar-refractivity contribution in [3.05, 3.63) is 0 Å². The molecule has 1 rings (SSSR count). The number of aliphatic imine (C=N–C) groups is 1. The van der Waals surface area contributed by atoms with E-state index in [1.807, 2.05) is 0 Å². The lowest BCUT2D eigenvalue weighted by atomic mass is 9.78. The van der Waals surface area contributed by atoms with Gasteiger partial charge in [0.1, 0.15) is 0 Å². The van der Waals surface area contributed by atoms with Crippen LogP contribution in [0.2, 0.25) is 0 Å². The number of hydrogen-bond donors (Lipinski definition) is 1. The first-order valence-electron chi connectivity index (χ1n) is 5.66. The summed E-state index contributed by atoms with van der Waals surface area (Å²) >= 11 is 0. The number of nitrogens with zero attached hydrogens (tertiary/aromatic N) is 2. The lowest BCUT2D eigenvalue weighted by Gasteiger charge is -2.52. The summed E-state index contributed by atoms with van der Waals surface area (Å²) in [6.45, 7) is 9.09. The third-order valence-corrected chi connectivity index (χ3v) is 3.68. The Labute approximate surface area is 93.2 Å². The van der Waals surface area contributed by atoms with Crippen molar-refractivity contribution in [1.29, 1.82) is 0 Å². The van der Waals surface area contributed by atoms with Crippen molar-refractivity contribution in [2.24, 2.45) is 4.99 Å². The van der Waals surface area contributed by atoms with Crippen LogP contribution < -0.4 is 0 Å². The normalized spacial score (nSPS) is 27.3. The van der Waals surface area contributed by atoms with Gasteiger partial charge in [-0.3, -0.25) is 9.89 Å². The molecule has 88 valence electrons. The average molecular weight is 212 g/mol. The second kappa shape index (κ2) is 4.22. The SMILES string of the molecule is CN1C(C)(C)CC(N=CCO)CC1(C)C. The topological polar surface area (TPSA) is 35.8 Å². The predicted octanol–water partition coefficient (Wildman–Crippen LogP) is 1.70. The van der Waals surface area contributed by atoms with E-state index in [1.165, 1.54) is 0 Å². The van der Waals surface area contributed by atoms with E-state index in [4.69, 9.17) is 5.11 Å². The number of piperidine rings is 1. The molecule has 1 fully saturated rings. The molecule has 3 heteroatoms. The Morgan fingerprint density at radius 3 is 2.13 bits per heavy atom. The summed E-state index contributed by atoms with van der Waals surface area (Å²) in [6.07, 6.45) is 3.75. The highest BCUT2D eigenvalue weighted by Crippen LogP contribution is 2.37. The summed E-state index contributed by atoms with van der Waals surface area (Å²) in [5.74, 6) is 0. The first-order chi connectivity index (χ1) is 6.79. The second-order valence-electron chi connectivity index (χ2n) is 5.76. The Hall–Kier alpha value is -0.410. The Morgan fingerprint density at radius 1 is 1.27 bits per heavy atom. The quantitative estimate of drug-likeness (QED) is 0.707. The summed E-state index contributed by atoms with van der Waals surface area (Å²) in [5.41, 5.74) is 0.360. The van der Waals surface area contributed by atoms with Crippen LogP contribution in [0.25, 0.3) is 0 Å². The lowest BCUT2D eigenvalue weighted by Crippen LogP contribution is -2.59. The summed E-state index contributed by atoms with van der Waals surface area (Å²) < 4.78 is 0. The smallest absolute Gasteiger partial charge is 0.0779 e. The van der Waals surface area contributed by atoms with Gasteiger partial charge in [0.15, 0.2) is 0 Å². The molecule has 1 heterocycles. The Bertz CT molecular complexity index is 228. The van der Waals surface area contributed by atoms with Crippen LogP contribution in [0.4, 0.5) is 0 Å². The molecule has 0 amide bonds. The van der Waals surface area contributed by atoms with E-state index < -0.39 is 0 Å². The van der Waals surface area contributed by atoms with E-state index in [9.17, 15) is 0 Å². The van der Waals surface area contributed by atoms with Crippen LogP contribution >= 0.6 is 0 Å². The van der Waals surface area contributed by atoms with Crippen molar-refractivity contribution in [3.63, 3.8) is 0 Å². The summed E-state index contributed by atoms with van der Waals surface area (Å²) in [6, 6.07) is 0.346. The zero-order chi connectivity index (χ0) is 11.7. The molecule has 0 unspecified atom stereocenters. The first-order valence-corrected chi connectivity index (χ1v) is 5.66. The van der Waals surface area contributed by atoms with Crippen molar-refractivity contribution in [2.45, 2.75) is 57.7 Å². The third-order valence-electron chi connectivity index (χ3n) is 3.68. The van der Waals surface area contributed by atoms with Gasteiger partial charge in [0.25, 0.3) is 0 Å². The van der Waals surface area contributed by atoms with Crippen molar-refractivity contribution >= 4 is 6.21 Å². The molecular weight excluding hydrogens is 188 g/mol. The van der Waals surface area contributed by atoms with Gasteiger partial charge in [0, 0.05) is 17.3 Å². The van der Waals surface area contributed by atoms with Gasteiger partial charge < -0.3 is 5.11 Å². The standard InChI is InChI=1S/C12H24N2O/c1-11(2)8-10(13-6-7-15)9-12(3,4)14(11)5/h6,10,15H,7-9H2,1-5H3. The van der Waals surface area contributed by atoms with Crippen LogP contribution in [-0.4, -0.2) is 47.0 Å². The van der Waals surface area contributed by atoms with Crippen molar-refractivity contribution in [2.75, 3.05) is 13.7 Å². The summed E-state index contributed by atoms with van der Waals surface area (Å²) in [7, 11) is 2.19. The van der Waals surface area contributed by atoms with Gasteiger partial charge in [-0.1, -0.05) is 0 Å². The zero-order valence-electron chi connectivity index (χ0n) is 10.6. The third kappa shape index (κ3) is 2.79. The molecule has 0 aliphatic carbocycles. The Morgan fingerprint density at radius 2 is 1.73 bits per heavy atom. The van der Waals surface area contributed by atoms with E-state index in [1.54, 1.807) is 6.21 Å². The molecule has 0 aromatic carbocycles. The number of hydrogen-bond acceptors (Lipinski definition) is 3. The summed E-state index contributed by atoms with van der Waals surface area (Å²) in [5, 5.41) is 8.75. The van der Waals surface area contributed by atoms with E-state index >= 15 is 0 Å². The van der Waals surface area contributed by atoms with Crippen LogP contribution in [0.3, 0.4) is 0 Å². The second-order valence-corrected chi connectivity index (χ2v) is 5.76. The molecule has 0 bridgehead atoms. The van der Waals surface area contributed by atoms with Gasteiger partial charge >= 0.3 is 0 Å². The minimum atomic E-state index is 0.0488. The molecule has 0 aromatic heterocycles. The van der Waals surface area contributed by atoms with Gasteiger partial charge in [-0.15, -0.1) is 0 Å². The zero-order valence-corrected chi connectivity index (χ0v) is 10.6. The molecule has 1 aliphatic rings. The fourth-order valence-electron chi connectivity index (χ4n) is 2.62. The molecule has 0 saturated carbocycles. The number of rotatable bonds is 2. The lowest BCUT2D eigenvalue weighted by molar-refractivity contribution is -0.0107. The van der Waals surface area contributed by atoms with Crippen molar-refractivity contribution < 1.29 is 5.11 Å². The Balaban J connectivity index is 2.79. The maximum absolute atomic E-state index is 8.75. The van der Waals surface area contributed by atoms with Crippen LogP contribution in [-0.2, 0) is 0 Å². The maximum atomic E-state index is 8.75. The molecule has 15 heavy (non-hydrogen) atoms. The minimum Gasteiger partial charge on any atom is -0.391 e. The fourth-order valence-corrected chi connectivity index (χ4v) is 2.62. The predicted molar refractivity (Wildman–Crippen MR) is 64.5 cm³/mol. The van der Waals surface area contributed by atoms with E-state index in [0.29, 0.717) is 6.04 Å². The van der Waals surface area contributed by atoms with Crippen LogP contribution in [0, 0.1) is 0 Å². The van der Waals surface area contributed by atoms with Gasteiger partial charge in [0.05, 0.1) is 12.6 Å². The van der Waals surface area contributed by atoms with E-state index in [-0.39, 0.29) is 17.7 Å². The summed E-state index contributed by atoms with van der Waals surface area (Å²) in [4.78, 5) is 6.86. The van der Waals surface area contributed by atoms with Crippen LogP contribution in [0.5, 0.6) is 0 Å². The first kappa shape index (κ1) is 12.7. The average Bonchev–Trinajstić information content (AvgIpc) is 2.10. The van der Waals surface area contributed by atoms with Crippen LogP contribution in [0.1, 0.15) is 40.5 Å². The van der Waals surface area contributed by atoms with Gasteiger partial charge in [-0.25, -0.2) is 0 Å². The molecule has 1 N–H and O–H groups in total. The Kier molecular flexibility index (Phi) is 3.56. The molecule has 3 nitrogen and oxygen atoms in total. The molecule has 1 saturated heterocycles.